The molecule has 1 saturated heterocycles. The van der Waals surface area contributed by atoms with Crippen molar-refractivity contribution in [2.75, 3.05) is 13.1 Å². The lowest BCUT2D eigenvalue weighted by Crippen LogP contribution is -2.37. The maximum Gasteiger partial charge on any atom is 0.251 e. The van der Waals surface area contributed by atoms with E-state index in [-0.39, 0.29) is 18.1 Å². The van der Waals surface area contributed by atoms with Crippen LogP contribution in [0.4, 0.5) is 0 Å². The smallest absolute Gasteiger partial charge is 0.251 e. The largest absolute Gasteiger partial charge is 0.384 e. The van der Waals surface area contributed by atoms with Gasteiger partial charge in [-0.1, -0.05) is 0 Å². The van der Waals surface area contributed by atoms with Crippen LogP contribution in [0.1, 0.15) is 27.2 Å². The van der Waals surface area contributed by atoms with Gasteiger partial charge < -0.3 is 14.7 Å². The van der Waals surface area contributed by atoms with E-state index in [9.17, 15) is 4.79 Å². The molecule has 0 spiro atoms. The molecule has 2 atom stereocenters. The Morgan fingerprint density at radius 3 is 2.64 bits per heavy atom. The number of likely N-dealkylation sites (tertiary alicyclic amines) is 1. The van der Waals surface area contributed by atoms with Gasteiger partial charge in [0.25, 0.3) is 5.91 Å². The molecule has 1 rings (SSSR count). The van der Waals surface area contributed by atoms with Gasteiger partial charge in [0.1, 0.15) is 6.10 Å². The zero-order valence-electron chi connectivity index (χ0n) is 9.06. The Morgan fingerprint density at radius 2 is 2.14 bits per heavy atom. The van der Waals surface area contributed by atoms with E-state index in [1.54, 1.807) is 4.90 Å². The van der Waals surface area contributed by atoms with Gasteiger partial charge in [-0.3, -0.25) is 4.79 Å². The normalized spacial score (nSPS) is 24.4. The number of nitrogens with zero attached hydrogens (tertiary/aromatic N) is 1. The molecule has 0 bridgehead atoms. The summed E-state index contributed by atoms with van der Waals surface area (Å²) in [5.41, 5.74) is 0. The van der Waals surface area contributed by atoms with Crippen molar-refractivity contribution in [1.29, 1.82) is 0 Å². The third-order valence-electron chi connectivity index (χ3n) is 2.28. The monoisotopic (exact) mass is 201 g/mol. The molecular formula is C10H19NO3. The Bertz CT molecular complexity index is 204. The highest BCUT2D eigenvalue weighted by Crippen LogP contribution is 2.15. The SMILES string of the molecule is CC(C)O[C@H]1CCN(C(=O)[C@H](C)O)C1. The van der Waals surface area contributed by atoms with Gasteiger partial charge >= 0.3 is 0 Å². The lowest BCUT2D eigenvalue weighted by atomic mass is 10.3. The van der Waals surface area contributed by atoms with E-state index in [0.717, 1.165) is 6.42 Å². The molecule has 1 aliphatic heterocycles. The van der Waals surface area contributed by atoms with Crippen LogP contribution in [0.15, 0.2) is 0 Å². The van der Waals surface area contributed by atoms with Gasteiger partial charge in [0.15, 0.2) is 0 Å². The minimum Gasteiger partial charge on any atom is -0.384 e. The van der Waals surface area contributed by atoms with Crippen LogP contribution in [-0.4, -0.2) is 47.3 Å². The third kappa shape index (κ3) is 2.96. The van der Waals surface area contributed by atoms with E-state index in [1.807, 2.05) is 13.8 Å². The number of rotatable bonds is 3. The standard InChI is InChI=1S/C10H19NO3/c1-7(2)14-9-4-5-11(6-9)10(13)8(3)12/h7-9,12H,4-6H2,1-3H3/t8-,9-/m0/s1. The predicted molar refractivity (Wildman–Crippen MR) is 52.9 cm³/mol. The molecule has 1 aliphatic rings. The first-order valence-electron chi connectivity index (χ1n) is 5.13. The summed E-state index contributed by atoms with van der Waals surface area (Å²) in [6.45, 7) is 6.78. The summed E-state index contributed by atoms with van der Waals surface area (Å²) in [7, 11) is 0. The number of aliphatic hydroxyl groups excluding tert-OH is 1. The summed E-state index contributed by atoms with van der Waals surface area (Å²) < 4.78 is 5.60. The van der Waals surface area contributed by atoms with Crippen LogP contribution >= 0.6 is 0 Å². The highest BCUT2D eigenvalue weighted by molar-refractivity contribution is 5.80. The molecule has 0 aliphatic carbocycles. The Balaban J connectivity index is 2.37. The molecule has 4 nitrogen and oxygen atoms in total. The van der Waals surface area contributed by atoms with Crippen molar-refractivity contribution in [2.45, 2.75) is 45.5 Å². The molecule has 4 heteroatoms. The molecule has 1 heterocycles. The lowest BCUT2D eigenvalue weighted by molar-refractivity contribution is -0.138. The molecule has 14 heavy (non-hydrogen) atoms. The minimum atomic E-state index is -0.896. The summed E-state index contributed by atoms with van der Waals surface area (Å²) in [4.78, 5) is 13.1. The van der Waals surface area contributed by atoms with E-state index in [1.165, 1.54) is 6.92 Å². The Labute approximate surface area is 84.8 Å². The van der Waals surface area contributed by atoms with Crippen molar-refractivity contribution in [1.82, 2.24) is 4.90 Å². The molecule has 0 radical (unpaired) electrons. The average Bonchev–Trinajstić information content (AvgIpc) is 2.50. The number of hydrogen-bond donors (Lipinski definition) is 1. The second-order valence-electron chi connectivity index (χ2n) is 4.06. The zero-order valence-corrected chi connectivity index (χ0v) is 9.06. The first kappa shape index (κ1) is 11.5. The van der Waals surface area contributed by atoms with Crippen LogP contribution in [0, 0.1) is 0 Å². The van der Waals surface area contributed by atoms with Gasteiger partial charge in [-0.25, -0.2) is 0 Å². The Morgan fingerprint density at radius 1 is 1.50 bits per heavy atom. The molecule has 0 aromatic heterocycles. The number of amides is 1. The molecule has 0 saturated carbocycles. The van der Waals surface area contributed by atoms with E-state index in [0.29, 0.717) is 13.1 Å². The summed E-state index contributed by atoms with van der Waals surface area (Å²) in [6.07, 6.45) is 0.309. The predicted octanol–water partition coefficient (Wildman–Crippen LogP) is 0.393. The van der Waals surface area contributed by atoms with Gasteiger partial charge in [-0.05, 0) is 27.2 Å². The maximum atomic E-state index is 11.4. The van der Waals surface area contributed by atoms with Gasteiger partial charge in [-0.2, -0.15) is 0 Å². The zero-order chi connectivity index (χ0) is 10.7. The van der Waals surface area contributed by atoms with Crippen molar-refractivity contribution in [3.8, 4) is 0 Å². The number of carbonyl (C=O) groups excluding carboxylic acids is 1. The van der Waals surface area contributed by atoms with Crippen molar-refractivity contribution < 1.29 is 14.6 Å². The molecule has 0 aromatic rings. The van der Waals surface area contributed by atoms with E-state index >= 15 is 0 Å². The minimum absolute atomic E-state index is 0.137. The van der Waals surface area contributed by atoms with E-state index in [4.69, 9.17) is 9.84 Å². The average molecular weight is 201 g/mol. The van der Waals surface area contributed by atoms with Gasteiger partial charge in [0.2, 0.25) is 0 Å². The lowest BCUT2D eigenvalue weighted by Gasteiger charge is -2.19. The quantitative estimate of drug-likeness (QED) is 0.718. The van der Waals surface area contributed by atoms with Gasteiger partial charge in [-0.15, -0.1) is 0 Å². The third-order valence-corrected chi connectivity index (χ3v) is 2.28. The molecular weight excluding hydrogens is 182 g/mol. The Kier molecular flexibility index (Phi) is 3.89. The number of aliphatic hydroxyl groups is 1. The van der Waals surface area contributed by atoms with Crippen LogP contribution < -0.4 is 0 Å². The van der Waals surface area contributed by atoms with Crippen LogP contribution in [0.2, 0.25) is 0 Å². The van der Waals surface area contributed by atoms with Crippen molar-refractivity contribution in [2.24, 2.45) is 0 Å². The van der Waals surface area contributed by atoms with E-state index < -0.39 is 6.10 Å². The summed E-state index contributed by atoms with van der Waals surface area (Å²) >= 11 is 0. The van der Waals surface area contributed by atoms with Gasteiger partial charge in [0.05, 0.1) is 12.2 Å². The van der Waals surface area contributed by atoms with Gasteiger partial charge in [0, 0.05) is 13.1 Å². The van der Waals surface area contributed by atoms with Crippen LogP contribution in [0.25, 0.3) is 0 Å². The molecule has 0 aromatic carbocycles. The molecule has 0 unspecified atom stereocenters. The molecule has 82 valence electrons. The van der Waals surface area contributed by atoms with E-state index in [2.05, 4.69) is 0 Å². The highest BCUT2D eigenvalue weighted by Gasteiger charge is 2.28. The molecule has 1 N–H and O–H groups in total. The maximum absolute atomic E-state index is 11.4. The number of ether oxygens (including phenoxy) is 1. The molecule has 1 amide bonds. The topological polar surface area (TPSA) is 49.8 Å². The highest BCUT2D eigenvalue weighted by atomic mass is 16.5. The summed E-state index contributed by atoms with van der Waals surface area (Å²) in [5.74, 6) is -0.195. The fourth-order valence-corrected chi connectivity index (χ4v) is 1.69. The van der Waals surface area contributed by atoms with Crippen LogP contribution in [0.5, 0.6) is 0 Å². The first-order valence-corrected chi connectivity index (χ1v) is 5.13. The van der Waals surface area contributed by atoms with Crippen molar-refractivity contribution in [3.05, 3.63) is 0 Å². The fraction of sp³-hybridized carbons (Fsp3) is 0.900. The second kappa shape index (κ2) is 4.75. The fourth-order valence-electron chi connectivity index (χ4n) is 1.69. The van der Waals surface area contributed by atoms with Crippen LogP contribution in [-0.2, 0) is 9.53 Å². The summed E-state index contributed by atoms with van der Waals surface area (Å²) in [5, 5.41) is 9.12. The number of carbonyl (C=O) groups is 1. The second-order valence-corrected chi connectivity index (χ2v) is 4.06. The molecule has 1 fully saturated rings. The first-order chi connectivity index (χ1) is 6.50. The van der Waals surface area contributed by atoms with Crippen LogP contribution in [0.3, 0.4) is 0 Å². The van der Waals surface area contributed by atoms with Crippen molar-refractivity contribution in [3.63, 3.8) is 0 Å². The number of hydrogen-bond acceptors (Lipinski definition) is 3. The summed E-state index contributed by atoms with van der Waals surface area (Å²) in [6, 6.07) is 0. The van der Waals surface area contributed by atoms with Crippen molar-refractivity contribution >= 4 is 5.91 Å². The Hall–Kier alpha value is -0.610.